The van der Waals surface area contributed by atoms with Gasteiger partial charge in [-0.05, 0) is 60.0 Å². The molecule has 0 unspecified atom stereocenters. The number of ether oxygens (including phenoxy) is 2. The van der Waals surface area contributed by atoms with Gasteiger partial charge >= 0.3 is 0 Å². The fourth-order valence-electron chi connectivity index (χ4n) is 3.48. The third-order valence-corrected chi connectivity index (χ3v) is 6.60. The number of aryl methyl sites for hydroxylation is 1. The summed E-state index contributed by atoms with van der Waals surface area (Å²) in [5, 5.41) is 2.82. The van der Waals surface area contributed by atoms with Gasteiger partial charge in [0.25, 0.3) is 11.8 Å². The number of anilines is 2. The van der Waals surface area contributed by atoms with Crippen LogP contribution >= 0.6 is 24.0 Å². The minimum absolute atomic E-state index is 0.166. The van der Waals surface area contributed by atoms with Crippen LogP contribution in [-0.4, -0.2) is 29.9 Å². The molecule has 1 fully saturated rings. The zero-order valence-electron chi connectivity index (χ0n) is 19.3. The van der Waals surface area contributed by atoms with Gasteiger partial charge in [-0.2, -0.15) is 0 Å². The largest absolute Gasteiger partial charge is 0.493 e. The lowest BCUT2D eigenvalue weighted by Crippen LogP contribution is -2.27. The molecule has 2 amide bonds. The minimum atomic E-state index is -0.273. The smallest absolute Gasteiger partial charge is 0.270 e. The van der Waals surface area contributed by atoms with Crippen molar-refractivity contribution in [3.8, 4) is 11.5 Å². The highest BCUT2D eigenvalue weighted by molar-refractivity contribution is 8.27. The van der Waals surface area contributed by atoms with Gasteiger partial charge in [-0.25, -0.2) is 0 Å². The van der Waals surface area contributed by atoms with E-state index in [-0.39, 0.29) is 18.4 Å². The molecule has 1 aliphatic rings. The van der Waals surface area contributed by atoms with Crippen LogP contribution in [0.3, 0.4) is 0 Å². The zero-order valence-corrected chi connectivity index (χ0v) is 20.9. The highest BCUT2D eigenvalue weighted by Crippen LogP contribution is 2.37. The predicted octanol–water partition coefficient (Wildman–Crippen LogP) is 5.68. The van der Waals surface area contributed by atoms with E-state index < -0.39 is 0 Å². The second-order valence-corrected chi connectivity index (χ2v) is 9.33. The molecular weight excluding hydrogens is 480 g/mol. The SMILES string of the molecule is CCc1ccc(NC(=O)COc2ccc(/C=C3\SC(=S)N(c4ccccc4)C3=O)cc2OC)cc1. The average molecular weight is 505 g/mol. The topological polar surface area (TPSA) is 67.9 Å². The maximum Gasteiger partial charge on any atom is 0.270 e. The van der Waals surface area contributed by atoms with E-state index in [2.05, 4.69) is 12.2 Å². The number of hydrogen-bond donors (Lipinski definition) is 1. The number of carbonyl (C=O) groups is 2. The molecule has 0 spiro atoms. The van der Waals surface area contributed by atoms with E-state index in [0.29, 0.717) is 26.4 Å². The summed E-state index contributed by atoms with van der Waals surface area (Å²) in [6.45, 7) is 1.91. The van der Waals surface area contributed by atoms with Gasteiger partial charge in [0, 0.05) is 5.69 Å². The summed E-state index contributed by atoms with van der Waals surface area (Å²) in [5.74, 6) is 0.439. The van der Waals surface area contributed by atoms with E-state index in [1.807, 2.05) is 54.6 Å². The van der Waals surface area contributed by atoms with E-state index in [9.17, 15) is 9.59 Å². The summed E-state index contributed by atoms with van der Waals surface area (Å²) in [7, 11) is 1.52. The zero-order chi connectivity index (χ0) is 24.8. The minimum Gasteiger partial charge on any atom is -0.493 e. The first-order valence-electron chi connectivity index (χ1n) is 11.0. The van der Waals surface area contributed by atoms with E-state index in [1.54, 1.807) is 24.3 Å². The Bertz CT molecular complexity index is 1270. The lowest BCUT2D eigenvalue weighted by atomic mass is 10.1. The Balaban J connectivity index is 1.42. The van der Waals surface area contributed by atoms with Crippen LogP contribution in [0.15, 0.2) is 77.7 Å². The molecule has 0 bridgehead atoms. The van der Waals surface area contributed by atoms with E-state index in [1.165, 1.54) is 29.3 Å². The number of nitrogens with zero attached hydrogens (tertiary/aromatic N) is 1. The fraction of sp³-hybridized carbons (Fsp3) is 0.148. The average Bonchev–Trinajstić information content (AvgIpc) is 3.16. The van der Waals surface area contributed by atoms with E-state index >= 15 is 0 Å². The van der Waals surface area contributed by atoms with Crippen molar-refractivity contribution in [3.63, 3.8) is 0 Å². The number of thioether (sulfide) groups is 1. The second kappa shape index (κ2) is 11.2. The predicted molar refractivity (Wildman–Crippen MR) is 145 cm³/mol. The molecule has 3 aromatic rings. The van der Waals surface area contributed by atoms with Crippen molar-refractivity contribution in [3.05, 3.63) is 88.8 Å². The number of amides is 2. The van der Waals surface area contributed by atoms with Gasteiger partial charge in [0.05, 0.1) is 17.7 Å². The standard InChI is InChI=1S/C27H24N2O4S2/c1-3-18-9-12-20(13-10-18)28-25(30)17-33-22-14-11-19(15-23(22)32-2)16-24-26(31)29(27(34)35-24)21-7-5-4-6-8-21/h4-16H,3,17H2,1-2H3,(H,28,30)/b24-16-. The first-order valence-corrected chi connectivity index (χ1v) is 12.2. The molecule has 0 saturated carbocycles. The Kier molecular flexibility index (Phi) is 7.84. The number of carbonyl (C=O) groups excluding carboxylic acids is 2. The summed E-state index contributed by atoms with van der Waals surface area (Å²) < 4.78 is 11.6. The molecule has 4 rings (SSSR count). The highest BCUT2D eigenvalue weighted by Gasteiger charge is 2.33. The summed E-state index contributed by atoms with van der Waals surface area (Å²) in [5.41, 5.74) is 3.40. The van der Waals surface area contributed by atoms with Crippen molar-refractivity contribution in [2.75, 3.05) is 23.9 Å². The lowest BCUT2D eigenvalue weighted by Gasteiger charge is -2.14. The number of para-hydroxylation sites is 1. The molecule has 178 valence electrons. The van der Waals surface area contributed by atoms with Gasteiger partial charge in [-0.3, -0.25) is 14.5 Å². The molecule has 3 aromatic carbocycles. The Morgan fingerprint density at radius 2 is 1.80 bits per heavy atom. The maximum absolute atomic E-state index is 13.0. The molecule has 1 heterocycles. The van der Waals surface area contributed by atoms with Gasteiger partial charge < -0.3 is 14.8 Å². The summed E-state index contributed by atoms with van der Waals surface area (Å²) in [6, 6.07) is 22.3. The molecule has 0 radical (unpaired) electrons. The van der Waals surface area contributed by atoms with Crippen LogP contribution in [-0.2, 0) is 16.0 Å². The van der Waals surface area contributed by atoms with Crippen LogP contribution in [0.4, 0.5) is 11.4 Å². The van der Waals surface area contributed by atoms with Gasteiger partial charge in [0.1, 0.15) is 0 Å². The molecule has 1 N–H and O–H groups in total. The van der Waals surface area contributed by atoms with Gasteiger partial charge in [0.15, 0.2) is 22.4 Å². The number of nitrogens with one attached hydrogen (secondary N) is 1. The van der Waals surface area contributed by atoms with E-state index in [4.69, 9.17) is 21.7 Å². The molecule has 35 heavy (non-hydrogen) atoms. The highest BCUT2D eigenvalue weighted by atomic mass is 32.2. The third-order valence-electron chi connectivity index (χ3n) is 5.30. The molecule has 0 aromatic heterocycles. The molecule has 0 aliphatic carbocycles. The Labute approximate surface area is 213 Å². The first-order chi connectivity index (χ1) is 17.0. The lowest BCUT2D eigenvalue weighted by molar-refractivity contribution is -0.118. The Hall–Kier alpha value is -3.62. The fourth-order valence-corrected chi connectivity index (χ4v) is 4.78. The van der Waals surface area contributed by atoms with Crippen LogP contribution in [0.2, 0.25) is 0 Å². The number of benzene rings is 3. The van der Waals surface area contributed by atoms with Crippen molar-refractivity contribution in [1.29, 1.82) is 0 Å². The van der Waals surface area contributed by atoms with Crippen molar-refractivity contribution < 1.29 is 19.1 Å². The molecule has 1 aliphatic heterocycles. The molecular formula is C27H24N2O4S2. The Morgan fingerprint density at radius 3 is 2.49 bits per heavy atom. The number of thiocarbonyl (C=S) groups is 1. The van der Waals surface area contributed by atoms with E-state index in [0.717, 1.165) is 17.7 Å². The first kappa shape index (κ1) is 24.5. The van der Waals surface area contributed by atoms with Gasteiger partial charge in [-0.15, -0.1) is 0 Å². The molecule has 8 heteroatoms. The molecule has 1 saturated heterocycles. The third kappa shape index (κ3) is 5.90. The van der Waals surface area contributed by atoms with Crippen molar-refractivity contribution >= 4 is 57.6 Å². The van der Waals surface area contributed by atoms with Crippen molar-refractivity contribution in [1.82, 2.24) is 0 Å². The summed E-state index contributed by atoms with van der Waals surface area (Å²) in [6.07, 6.45) is 2.70. The van der Waals surface area contributed by atoms with Crippen LogP contribution in [0.1, 0.15) is 18.1 Å². The number of methoxy groups -OCH3 is 1. The molecule has 6 nitrogen and oxygen atoms in total. The summed E-state index contributed by atoms with van der Waals surface area (Å²) >= 11 is 6.68. The number of hydrogen-bond acceptors (Lipinski definition) is 6. The second-order valence-electron chi connectivity index (χ2n) is 7.65. The van der Waals surface area contributed by atoms with Crippen LogP contribution < -0.4 is 19.7 Å². The van der Waals surface area contributed by atoms with Crippen LogP contribution in [0, 0.1) is 0 Å². The van der Waals surface area contributed by atoms with Crippen LogP contribution in [0.5, 0.6) is 11.5 Å². The monoisotopic (exact) mass is 504 g/mol. The maximum atomic E-state index is 13.0. The van der Waals surface area contributed by atoms with Crippen molar-refractivity contribution in [2.45, 2.75) is 13.3 Å². The Morgan fingerprint density at radius 1 is 1.06 bits per heavy atom. The normalized spacial score (nSPS) is 14.3. The summed E-state index contributed by atoms with van der Waals surface area (Å²) in [4.78, 5) is 27.3. The quantitative estimate of drug-likeness (QED) is 0.314. The van der Waals surface area contributed by atoms with Crippen LogP contribution in [0.25, 0.3) is 6.08 Å². The molecule has 0 atom stereocenters. The van der Waals surface area contributed by atoms with Crippen molar-refractivity contribution in [2.24, 2.45) is 0 Å². The number of rotatable bonds is 8. The van der Waals surface area contributed by atoms with Gasteiger partial charge in [0.2, 0.25) is 0 Å². The van der Waals surface area contributed by atoms with Gasteiger partial charge in [-0.1, -0.05) is 67.3 Å².